The molecule has 2 aromatic carbocycles. The Bertz CT molecular complexity index is 1040. The fourth-order valence-electron chi connectivity index (χ4n) is 2.41. The number of aryl methyl sites for hydroxylation is 1. The Morgan fingerprint density at radius 3 is 2.50 bits per heavy atom. The normalized spacial score (nSPS) is 10.8. The molecule has 0 aliphatic rings. The van der Waals surface area contributed by atoms with Crippen LogP contribution < -0.4 is 10.2 Å². The topological polar surface area (TPSA) is 65.7 Å². The van der Waals surface area contributed by atoms with E-state index in [-0.39, 0.29) is 16.9 Å². The molecule has 0 saturated heterocycles. The van der Waals surface area contributed by atoms with E-state index in [1.54, 1.807) is 30.3 Å². The first-order chi connectivity index (χ1) is 12.4. The van der Waals surface area contributed by atoms with Gasteiger partial charge in [-0.1, -0.05) is 23.2 Å². The van der Waals surface area contributed by atoms with Crippen molar-refractivity contribution in [2.75, 3.05) is 13.7 Å². The van der Waals surface area contributed by atoms with Gasteiger partial charge in [-0.2, -0.15) is 0 Å². The fraction of sp³-hybridized carbons (Fsp3) is 0.158. The van der Waals surface area contributed by atoms with Crippen molar-refractivity contribution in [3.05, 3.63) is 62.2 Å². The van der Waals surface area contributed by atoms with Gasteiger partial charge in [-0.25, -0.2) is 4.79 Å². The van der Waals surface area contributed by atoms with Gasteiger partial charge in [-0.3, -0.25) is 4.79 Å². The van der Waals surface area contributed by atoms with Crippen LogP contribution in [-0.4, -0.2) is 19.7 Å². The van der Waals surface area contributed by atoms with Crippen molar-refractivity contribution in [2.45, 2.75) is 6.92 Å². The lowest BCUT2D eigenvalue weighted by molar-refractivity contribution is -0.142. The van der Waals surface area contributed by atoms with Crippen molar-refractivity contribution < 1.29 is 18.7 Å². The number of ether oxygens (including phenoxy) is 2. The first-order valence-electron chi connectivity index (χ1n) is 7.63. The van der Waals surface area contributed by atoms with Crippen molar-refractivity contribution in [3.63, 3.8) is 0 Å². The number of methoxy groups -OCH3 is 1. The van der Waals surface area contributed by atoms with Gasteiger partial charge in [-0.05, 0) is 48.9 Å². The summed E-state index contributed by atoms with van der Waals surface area (Å²) in [5.74, 6) is -0.511. The van der Waals surface area contributed by atoms with Crippen molar-refractivity contribution >= 4 is 40.1 Å². The van der Waals surface area contributed by atoms with Crippen LogP contribution >= 0.6 is 23.2 Å². The SMILES string of the molecule is COC(=O)COc1c(-c2ccc(Cl)cc2)oc2cc(C)c(Cl)cc2c1=O. The highest BCUT2D eigenvalue weighted by atomic mass is 35.5. The molecule has 0 radical (unpaired) electrons. The maximum atomic E-state index is 12.9. The lowest BCUT2D eigenvalue weighted by atomic mass is 10.1. The minimum absolute atomic E-state index is 0.0925. The molecule has 5 nitrogen and oxygen atoms in total. The molecule has 1 heterocycles. The summed E-state index contributed by atoms with van der Waals surface area (Å²) < 4.78 is 15.9. The largest absolute Gasteiger partial charge is 0.474 e. The first-order valence-corrected chi connectivity index (χ1v) is 8.39. The van der Waals surface area contributed by atoms with E-state index in [0.717, 1.165) is 5.56 Å². The second-order valence-corrected chi connectivity index (χ2v) is 6.40. The summed E-state index contributed by atoms with van der Waals surface area (Å²) in [6, 6.07) is 9.92. The van der Waals surface area contributed by atoms with Gasteiger partial charge in [0, 0.05) is 15.6 Å². The standard InChI is InChI=1S/C19H14Cl2O5/c1-10-7-15-13(8-14(10)21)17(23)19(25-9-16(22)24-2)18(26-15)11-3-5-12(20)6-4-11/h3-8H,9H2,1-2H3. The molecule has 0 saturated carbocycles. The number of esters is 1. The lowest BCUT2D eigenvalue weighted by Crippen LogP contribution is -2.17. The van der Waals surface area contributed by atoms with Gasteiger partial charge in [0.2, 0.25) is 11.2 Å². The Morgan fingerprint density at radius 2 is 1.85 bits per heavy atom. The molecule has 134 valence electrons. The average Bonchev–Trinajstić information content (AvgIpc) is 2.63. The molecule has 26 heavy (non-hydrogen) atoms. The zero-order chi connectivity index (χ0) is 18.8. The summed E-state index contributed by atoms with van der Waals surface area (Å²) >= 11 is 12.1. The number of carbonyl (C=O) groups excluding carboxylic acids is 1. The molecule has 0 fully saturated rings. The quantitative estimate of drug-likeness (QED) is 0.605. The second kappa shape index (κ2) is 7.40. The van der Waals surface area contributed by atoms with Crippen LogP contribution in [0.2, 0.25) is 10.0 Å². The van der Waals surface area contributed by atoms with Gasteiger partial charge in [0.25, 0.3) is 0 Å². The first kappa shape index (κ1) is 18.3. The number of hydrogen-bond donors (Lipinski definition) is 0. The highest BCUT2D eigenvalue weighted by Crippen LogP contribution is 2.33. The van der Waals surface area contributed by atoms with Gasteiger partial charge >= 0.3 is 5.97 Å². The Morgan fingerprint density at radius 1 is 1.15 bits per heavy atom. The summed E-state index contributed by atoms with van der Waals surface area (Å²) in [5.41, 5.74) is 1.29. The van der Waals surface area contributed by atoms with E-state index in [1.807, 2.05) is 6.92 Å². The Labute approximate surface area is 159 Å². The van der Waals surface area contributed by atoms with Gasteiger partial charge in [0.05, 0.1) is 12.5 Å². The molecule has 0 aliphatic heterocycles. The third kappa shape index (κ3) is 3.54. The molecular formula is C19H14Cl2O5. The zero-order valence-electron chi connectivity index (χ0n) is 14.0. The molecule has 0 aliphatic carbocycles. The number of carbonyl (C=O) groups is 1. The summed E-state index contributed by atoms with van der Waals surface area (Å²) in [6.45, 7) is 1.39. The van der Waals surface area contributed by atoms with E-state index in [2.05, 4.69) is 4.74 Å². The van der Waals surface area contributed by atoms with Gasteiger partial charge < -0.3 is 13.9 Å². The number of benzene rings is 2. The van der Waals surface area contributed by atoms with Crippen LogP contribution in [0.4, 0.5) is 0 Å². The molecular weight excluding hydrogens is 379 g/mol. The zero-order valence-corrected chi connectivity index (χ0v) is 15.5. The minimum atomic E-state index is -0.617. The monoisotopic (exact) mass is 392 g/mol. The summed E-state index contributed by atoms with van der Waals surface area (Å²) in [7, 11) is 1.23. The molecule has 3 aromatic rings. The van der Waals surface area contributed by atoms with Crippen molar-refractivity contribution in [2.24, 2.45) is 0 Å². The number of rotatable bonds is 4. The van der Waals surface area contributed by atoms with Gasteiger partial charge in [0.1, 0.15) is 5.58 Å². The molecule has 1 aromatic heterocycles. The molecule has 0 N–H and O–H groups in total. The number of halogens is 2. The molecule has 0 atom stereocenters. The molecule has 0 unspecified atom stereocenters. The van der Waals surface area contributed by atoms with Gasteiger partial charge in [0.15, 0.2) is 12.4 Å². The predicted molar refractivity (Wildman–Crippen MR) is 100 cm³/mol. The third-order valence-corrected chi connectivity index (χ3v) is 4.46. The van der Waals surface area contributed by atoms with E-state index in [1.165, 1.54) is 13.2 Å². The van der Waals surface area contributed by atoms with E-state index >= 15 is 0 Å². The van der Waals surface area contributed by atoms with E-state index in [0.29, 0.717) is 21.2 Å². The number of hydrogen-bond acceptors (Lipinski definition) is 5. The fourth-order valence-corrected chi connectivity index (χ4v) is 2.70. The maximum Gasteiger partial charge on any atom is 0.343 e. The van der Waals surface area contributed by atoms with Crippen molar-refractivity contribution in [3.8, 4) is 17.1 Å². The van der Waals surface area contributed by atoms with Crippen LogP contribution in [0, 0.1) is 6.92 Å². The van der Waals surface area contributed by atoms with Crippen molar-refractivity contribution in [1.29, 1.82) is 0 Å². The van der Waals surface area contributed by atoms with Crippen LogP contribution in [-0.2, 0) is 9.53 Å². The highest BCUT2D eigenvalue weighted by molar-refractivity contribution is 6.32. The smallest absolute Gasteiger partial charge is 0.343 e. The van der Waals surface area contributed by atoms with E-state index < -0.39 is 18.0 Å². The molecule has 0 spiro atoms. The van der Waals surface area contributed by atoms with Crippen LogP contribution in [0.1, 0.15) is 5.56 Å². The molecule has 7 heteroatoms. The van der Waals surface area contributed by atoms with Crippen LogP contribution in [0.25, 0.3) is 22.3 Å². The second-order valence-electron chi connectivity index (χ2n) is 5.56. The Hall–Kier alpha value is -2.50. The maximum absolute atomic E-state index is 12.9. The summed E-state index contributed by atoms with van der Waals surface area (Å²) in [4.78, 5) is 24.4. The Kier molecular flexibility index (Phi) is 5.20. The molecule has 0 bridgehead atoms. The minimum Gasteiger partial charge on any atom is -0.474 e. The van der Waals surface area contributed by atoms with Crippen LogP contribution in [0.15, 0.2) is 45.6 Å². The van der Waals surface area contributed by atoms with E-state index in [9.17, 15) is 9.59 Å². The summed E-state index contributed by atoms with van der Waals surface area (Å²) in [5, 5.41) is 1.23. The molecule has 3 rings (SSSR count). The van der Waals surface area contributed by atoms with E-state index in [4.69, 9.17) is 32.4 Å². The molecule has 0 amide bonds. The number of fused-ring (bicyclic) bond motifs is 1. The lowest BCUT2D eigenvalue weighted by Gasteiger charge is -2.12. The predicted octanol–water partition coefficient (Wildman–Crippen LogP) is 4.63. The third-order valence-electron chi connectivity index (χ3n) is 3.80. The average molecular weight is 393 g/mol. The van der Waals surface area contributed by atoms with Crippen LogP contribution in [0.3, 0.4) is 0 Å². The summed E-state index contributed by atoms with van der Waals surface area (Å²) in [6.07, 6.45) is 0. The highest BCUT2D eigenvalue weighted by Gasteiger charge is 2.20. The van der Waals surface area contributed by atoms with Crippen LogP contribution in [0.5, 0.6) is 5.75 Å². The van der Waals surface area contributed by atoms with Gasteiger partial charge in [-0.15, -0.1) is 0 Å². The van der Waals surface area contributed by atoms with Crippen molar-refractivity contribution in [1.82, 2.24) is 0 Å². The Balaban J connectivity index is 2.25.